The summed E-state index contributed by atoms with van der Waals surface area (Å²) in [7, 11) is 0. The number of benzene rings is 8. The normalized spacial score (nSPS) is 11.5. The number of hydrogen-bond acceptors (Lipinski definition) is 2. The maximum atomic E-state index is 2.45. The molecule has 0 spiro atoms. The van der Waals surface area contributed by atoms with Crippen LogP contribution in [0.25, 0.3) is 69.9 Å². The van der Waals surface area contributed by atoms with Crippen LogP contribution in [0, 0.1) is 0 Å². The summed E-state index contributed by atoms with van der Waals surface area (Å²) in [6, 6.07) is 70.3. The van der Waals surface area contributed by atoms with E-state index in [1.54, 1.807) is 0 Å². The summed E-state index contributed by atoms with van der Waals surface area (Å²) in [6.07, 6.45) is 0. The molecule has 0 saturated carbocycles. The van der Waals surface area contributed by atoms with Gasteiger partial charge in [-0.05, 0) is 77.4 Å². The average Bonchev–Trinajstić information content (AvgIpc) is 3.76. The Kier molecular flexibility index (Phi) is 7.04. The first-order valence-corrected chi connectivity index (χ1v) is 18.2. The molecule has 10 rings (SSSR count). The van der Waals surface area contributed by atoms with Crippen molar-refractivity contribution in [1.82, 2.24) is 4.57 Å². The summed E-state index contributed by atoms with van der Waals surface area (Å²) < 4.78 is 5.03. The van der Waals surface area contributed by atoms with Crippen molar-refractivity contribution in [1.29, 1.82) is 0 Å². The Hall–Kier alpha value is -6.42. The van der Waals surface area contributed by atoms with Gasteiger partial charge in [0.2, 0.25) is 0 Å². The molecule has 0 radical (unpaired) electrons. The minimum absolute atomic E-state index is 1.11. The third kappa shape index (κ3) is 4.85. The van der Waals surface area contributed by atoms with Gasteiger partial charge in [0.25, 0.3) is 0 Å². The summed E-state index contributed by atoms with van der Waals surface area (Å²) in [4.78, 5) is 2.45. The highest BCUT2D eigenvalue weighted by molar-refractivity contribution is 7.26. The number of fused-ring (bicyclic) bond motifs is 6. The fourth-order valence-electron chi connectivity index (χ4n) is 7.75. The van der Waals surface area contributed by atoms with Gasteiger partial charge >= 0.3 is 0 Å². The van der Waals surface area contributed by atoms with Gasteiger partial charge in [-0.15, -0.1) is 11.3 Å². The number of para-hydroxylation sites is 3. The maximum Gasteiger partial charge on any atom is 0.0562 e. The van der Waals surface area contributed by atoms with Crippen molar-refractivity contribution in [2.45, 2.75) is 0 Å². The molecular weight excluding hydrogens is 637 g/mol. The number of aromatic nitrogens is 1. The first kappa shape index (κ1) is 29.5. The predicted octanol–water partition coefficient (Wildman–Crippen LogP) is 14.0. The molecule has 0 unspecified atom stereocenters. The smallest absolute Gasteiger partial charge is 0.0562 e. The molecule has 0 N–H and O–H groups in total. The quantitative estimate of drug-likeness (QED) is 0.171. The summed E-state index contributed by atoms with van der Waals surface area (Å²) in [5.74, 6) is 0. The lowest BCUT2D eigenvalue weighted by atomic mass is 9.95. The Labute approximate surface area is 300 Å². The Morgan fingerprint density at radius 3 is 1.88 bits per heavy atom. The molecule has 51 heavy (non-hydrogen) atoms. The van der Waals surface area contributed by atoms with Crippen LogP contribution in [0.5, 0.6) is 0 Å². The molecule has 0 aliphatic rings. The third-order valence-corrected chi connectivity index (χ3v) is 11.2. The standard InChI is InChI=1S/C48H32N2S/c1-4-16-33(17-5-1)41-32-34(37-24-14-25-39-38-22-11-13-29-46(38)51-48(37)39)30-31-43(41)50(36-20-8-3-9-21-36)45-28-15-27-44-47(45)40-23-10-12-26-42(40)49(44)35-18-6-2-7-19-35/h1-32H. The molecule has 0 bridgehead atoms. The van der Waals surface area contributed by atoms with Gasteiger partial charge in [0.05, 0.1) is 22.4 Å². The van der Waals surface area contributed by atoms with Gasteiger partial charge in [-0.1, -0.05) is 133 Å². The number of rotatable bonds is 6. The highest BCUT2D eigenvalue weighted by Crippen LogP contribution is 2.48. The number of nitrogens with zero attached hydrogens (tertiary/aromatic N) is 2. The van der Waals surface area contributed by atoms with Crippen LogP contribution in [-0.2, 0) is 0 Å². The fourth-order valence-corrected chi connectivity index (χ4v) is 8.99. The minimum atomic E-state index is 1.11. The van der Waals surface area contributed by atoms with Crippen LogP contribution >= 0.6 is 11.3 Å². The Balaban J connectivity index is 1.26. The highest BCUT2D eigenvalue weighted by Gasteiger charge is 2.23. The maximum absolute atomic E-state index is 2.45. The zero-order valence-corrected chi connectivity index (χ0v) is 28.6. The van der Waals surface area contributed by atoms with Gasteiger partial charge in [-0.3, -0.25) is 0 Å². The predicted molar refractivity (Wildman–Crippen MR) is 219 cm³/mol. The second-order valence-corrected chi connectivity index (χ2v) is 14.0. The Morgan fingerprint density at radius 2 is 1.06 bits per heavy atom. The molecule has 3 heteroatoms. The number of hydrogen-bond donors (Lipinski definition) is 0. The second kappa shape index (κ2) is 12.2. The zero-order chi connectivity index (χ0) is 33.7. The van der Waals surface area contributed by atoms with E-state index < -0.39 is 0 Å². The van der Waals surface area contributed by atoms with E-state index in [4.69, 9.17) is 0 Å². The van der Waals surface area contributed by atoms with E-state index in [0.717, 1.165) is 22.7 Å². The van der Waals surface area contributed by atoms with Crippen molar-refractivity contribution in [2.75, 3.05) is 4.90 Å². The van der Waals surface area contributed by atoms with Crippen molar-refractivity contribution >= 4 is 70.4 Å². The van der Waals surface area contributed by atoms with Crippen LogP contribution < -0.4 is 4.90 Å². The van der Waals surface area contributed by atoms with Crippen molar-refractivity contribution in [3.05, 3.63) is 194 Å². The lowest BCUT2D eigenvalue weighted by Crippen LogP contribution is -2.11. The van der Waals surface area contributed by atoms with E-state index in [9.17, 15) is 0 Å². The monoisotopic (exact) mass is 668 g/mol. The van der Waals surface area contributed by atoms with Crippen LogP contribution in [0.2, 0.25) is 0 Å². The molecule has 240 valence electrons. The van der Waals surface area contributed by atoms with Crippen LogP contribution in [0.4, 0.5) is 17.1 Å². The molecule has 0 aliphatic carbocycles. The molecule has 2 aromatic heterocycles. The van der Waals surface area contributed by atoms with E-state index in [1.165, 1.54) is 64.2 Å². The van der Waals surface area contributed by atoms with E-state index in [0.29, 0.717) is 0 Å². The first-order valence-electron chi connectivity index (χ1n) is 17.4. The van der Waals surface area contributed by atoms with Gasteiger partial charge < -0.3 is 9.47 Å². The van der Waals surface area contributed by atoms with Gasteiger partial charge in [-0.25, -0.2) is 0 Å². The Bertz CT molecular complexity index is 2850. The Morgan fingerprint density at radius 1 is 0.412 bits per heavy atom. The fraction of sp³-hybridized carbons (Fsp3) is 0. The van der Waals surface area contributed by atoms with Gasteiger partial charge in [-0.2, -0.15) is 0 Å². The third-order valence-electron chi connectivity index (χ3n) is 9.98. The molecule has 0 amide bonds. The van der Waals surface area contributed by atoms with Crippen LogP contribution in [0.15, 0.2) is 194 Å². The van der Waals surface area contributed by atoms with Crippen molar-refractivity contribution < 1.29 is 0 Å². The van der Waals surface area contributed by atoms with Crippen LogP contribution in [0.1, 0.15) is 0 Å². The highest BCUT2D eigenvalue weighted by atomic mass is 32.1. The molecular formula is C48H32N2S. The summed E-state index contributed by atoms with van der Waals surface area (Å²) >= 11 is 1.88. The first-order chi connectivity index (χ1) is 25.3. The molecule has 0 saturated heterocycles. The van der Waals surface area contributed by atoms with Gasteiger partial charge in [0.15, 0.2) is 0 Å². The molecule has 2 heterocycles. The molecule has 8 aromatic carbocycles. The second-order valence-electron chi connectivity index (χ2n) is 12.9. The minimum Gasteiger partial charge on any atom is -0.309 e. The van der Waals surface area contributed by atoms with Gasteiger partial charge in [0, 0.05) is 47.9 Å². The van der Waals surface area contributed by atoms with E-state index in [2.05, 4.69) is 204 Å². The topological polar surface area (TPSA) is 8.17 Å². The molecule has 0 fully saturated rings. The lowest BCUT2D eigenvalue weighted by molar-refractivity contribution is 1.18. The molecule has 0 aliphatic heterocycles. The summed E-state index contributed by atoms with van der Waals surface area (Å²) in [5, 5.41) is 5.07. The van der Waals surface area contributed by atoms with Crippen molar-refractivity contribution in [2.24, 2.45) is 0 Å². The summed E-state index contributed by atoms with van der Waals surface area (Å²) in [5.41, 5.74) is 11.7. The molecule has 10 aromatic rings. The van der Waals surface area contributed by atoms with Crippen LogP contribution in [-0.4, -0.2) is 4.57 Å². The SMILES string of the molecule is c1ccc(-c2cc(-c3cccc4c3sc3ccccc34)ccc2N(c2ccccc2)c2cccc3c2c2ccccc2n3-c2ccccc2)cc1. The van der Waals surface area contributed by atoms with E-state index in [-0.39, 0.29) is 0 Å². The van der Waals surface area contributed by atoms with Crippen LogP contribution in [0.3, 0.4) is 0 Å². The number of anilines is 3. The zero-order valence-electron chi connectivity index (χ0n) is 27.8. The van der Waals surface area contributed by atoms with Gasteiger partial charge in [0.1, 0.15) is 0 Å². The average molecular weight is 669 g/mol. The summed E-state index contributed by atoms with van der Waals surface area (Å²) in [6.45, 7) is 0. The van der Waals surface area contributed by atoms with E-state index in [1.807, 2.05) is 11.3 Å². The van der Waals surface area contributed by atoms with Crippen molar-refractivity contribution in [3.8, 4) is 27.9 Å². The largest absolute Gasteiger partial charge is 0.309 e. The van der Waals surface area contributed by atoms with Crippen molar-refractivity contribution in [3.63, 3.8) is 0 Å². The molecule has 2 nitrogen and oxygen atoms in total. The molecule has 0 atom stereocenters. The van der Waals surface area contributed by atoms with E-state index >= 15 is 0 Å². The number of thiophene rings is 1. The lowest BCUT2D eigenvalue weighted by Gasteiger charge is -2.29.